The molecule has 5 heterocycles. The molecule has 3 aliphatic rings. The zero-order chi connectivity index (χ0) is 26.6. The second-order valence-electron chi connectivity index (χ2n) is 9.69. The van der Waals surface area contributed by atoms with Crippen LogP contribution in [0.25, 0.3) is 10.9 Å². The molecule has 0 bridgehead atoms. The lowest BCUT2D eigenvalue weighted by atomic mass is 10.1. The number of nitrogens with one attached hydrogen (secondary N) is 1. The molecule has 206 valence electrons. The Balaban J connectivity index is 1.23. The lowest BCUT2D eigenvalue weighted by molar-refractivity contribution is -0.130. The molecule has 12 heteroatoms. The van der Waals surface area contributed by atoms with Crippen LogP contribution in [-0.2, 0) is 9.53 Å². The highest BCUT2D eigenvalue weighted by Gasteiger charge is 2.23. The van der Waals surface area contributed by atoms with Crippen LogP contribution in [0.3, 0.4) is 0 Å². The topological polar surface area (TPSA) is 120 Å². The third-order valence-corrected chi connectivity index (χ3v) is 7.15. The van der Waals surface area contributed by atoms with Gasteiger partial charge in [-0.05, 0) is 6.07 Å². The van der Waals surface area contributed by atoms with E-state index in [2.05, 4.69) is 25.2 Å². The predicted molar refractivity (Wildman–Crippen MR) is 142 cm³/mol. The molecule has 6 rings (SSSR count). The van der Waals surface area contributed by atoms with Gasteiger partial charge in [0.15, 0.2) is 0 Å². The minimum Gasteiger partial charge on any atom is -0.492 e. The Labute approximate surface area is 226 Å². The molecule has 0 aliphatic carbocycles. The number of aromatic nitrogens is 3. The molecular weight excluding hydrogens is 504 g/mol. The molecule has 2 saturated heterocycles. The first-order valence-electron chi connectivity index (χ1n) is 13.3. The van der Waals surface area contributed by atoms with Crippen molar-refractivity contribution in [2.24, 2.45) is 0 Å². The number of piperazine rings is 1. The van der Waals surface area contributed by atoms with Crippen LogP contribution in [0.2, 0.25) is 0 Å². The lowest BCUT2D eigenvalue weighted by Crippen LogP contribution is -2.48. The summed E-state index contributed by atoms with van der Waals surface area (Å²) in [4.78, 5) is 29.1. The van der Waals surface area contributed by atoms with E-state index in [1.165, 1.54) is 6.33 Å². The van der Waals surface area contributed by atoms with Crippen LogP contribution < -0.4 is 24.3 Å². The van der Waals surface area contributed by atoms with E-state index in [1.54, 1.807) is 13.1 Å². The van der Waals surface area contributed by atoms with Gasteiger partial charge in [-0.3, -0.25) is 9.69 Å². The molecule has 0 unspecified atom stereocenters. The SMILES string of the molecule is CC(=O)N1CCN(CCOc2cc(OC3CCOCC3)c3c(Nc4ccnc5c4OCO5)ncnc3c2)CC1. The molecule has 1 amide bonds. The van der Waals surface area contributed by atoms with Gasteiger partial charge in [0.25, 0.3) is 5.88 Å². The molecule has 12 nitrogen and oxygen atoms in total. The summed E-state index contributed by atoms with van der Waals surface area (Å²) >= 11 is 0. The number of hydrogen-bond donors (Lipinski definition) is 1. The van der Waals surface area contributed by atoms with Crippen LogP contribution >= 0.6 is 0 Å². The van der Waals surface area contributed by atoms with Crippen molar-refractivity contribution in [3.05, 3.63) is 30.7 Å². The smallest absolute Gasteiger partial charge is 0.262 e. The Morgan fingerprint density at radius 3 is 2.77 bits per heavy atom. The lowest BCUT2D eigenvalue weighted by Gasteiger charge is -2.34. The Morgan fingerprint density at radius 1 is 1.10 bits per heavy atom. The van der Waals surface area contributed by atoms with Crippen molar-refractivity contribution in [1.82, 2.24) is 24.8 Å². The van der Waals surface area contributed by atoms with Gasteiger partial charge in [0, 0.05) is 70.8 Å². The zero-order valence-electron chi connectivity index (χ0n) is 21.9. The quantitative estimate of drug-likeness (QED) is 0.457. The van der Waals surface area contributed by atoms with Crippen LogP contribution in [0.1, 0.15) is 19.8 Å². The van der Waals surface area contributed by atoms with Crippen molar-refractivity contribution in [2.45, 2.75) is 25.9 Å². The van der Waals surface area contributed by atoms with E-state index in [9.17, 15) is 4.79 Å². The number of hydrogen-bond acceptors (Lipinski definition) is 11. The molecule has 3 aliphatic heterocycles. The molecule has 1 N–H and O–H groups in total. The number of carbonyl (C=O) groups excluding carboxylic acids is 1. The third-order valence-electron chi connectivity index (χ3n) is 7.15. The number of nitrogens with zero attached hydrogens (tertiary/aromatic N) is 5. The number of pyridine rings is 1. The summed E-state index contributed by atoms with van der Waals surface area (Å²) in [5.74, 6) is 3.02. The average molecular weight is 537 g/mol. The van der Waals surface area contributed by atoms with Crippen molar-refractivity contribution in [1.29, 1.82) is 0 Å². The summed E-state index contributed by atoms with van der Waals surface area (Å²) in [5, 5.41) is 4.12. The molecule has 2 fully saturated rings. The van der Waals surface area contributed by atoms with Crippen molar-refractivity contribution in [3.8, 4) is 23.1 Å². The van der Waals surface area contributed by atoms with Crippen LogP contribution in [0.15, 0.2) is 30.7 Å². The van der Waals surface area contributed by atoms with Gasteiger partial charge in [-0.1, -0.05) is 0 Å². The minimum absolute atomic E-state index is 0.0183. The number of carbonyl (C=O) groups is 1. The summed E-state index contributed by atoms with van der Waals surface area (Å²) in [7, 11) is 0. The molecule has 39 heavy (non-hydrogen) atoms. The fourth-order valence-corrected chi connectivity index (χ4v) is 4.99. The molecule has 3 aromatic rings. The van der Waals surface area contributed by atoms with E-state index >= 15 is 0 Å². The van der Waals surface area contributed by atoms with E-state index in [-0.39, 0.29) is 18.8 Å². The fraction of sp³-hybridized carbons (Fsp3) is 0.481. The van der Waals surface area contributed by atoms with Gasteiger partial charge >= 0.3 is 0 Å². The van der Waals surface area contributed by atoms with Gasteiger partial charge < -0.3 is 33.9 Å². The van der Waals surface area contributed by atoms with E-state index in [4.69, 9.17) is 23.7 Å². The Bertz CT molecular complexity index is 1330. The molecule has 1 aromatic carbocycles. The Kier molecular flexibility index (Phi) is 7.46. The second-order valence-corrected chi connectivity index (χ2v) is 9.69. The highest BCUT2D eigenvalue weighted by Crippen LogP contribution is 2.41. The highest BCUT2D eigenvalue weighted by molar-refractivity contribution is 5.97. The second kappa shape index (κ2) is 11.5. The Morgan fingerprint density at radius 2 is 1.95 bits per heavy atom. The van der Waals surface area contributed by atoms with Crippen LogP contribution in [0.4, 0.5) is 11.5 Å². The highest BCUT2D eigenvalue weighted by atomic mass is 16.7. The summed E-state index contributed by atoms with van der Waals surface area (Å²) in [6, 6.07) is 5.63. The van der Waals surface area contributed by atoms with Gasteiger partial charge in [-0.25, -0.2) is 15.0 Å². The van der Waals surface area contributed by atoms with Crippen molar-refractivity contribution in [3.63, 3.8) is 0 Å². The summed E-state index contributed by atoms with van der Waals surface area (Å²) in [6.45, 7) is 7.53. The van der Waals surface area contributed by atoms with Crippen molar-refractivity contribution >= 4 is 28.3 Å². The first-order chi connectivity index (χ1) is 19.1. The summed E-state index contributed by atoms with van der Waals surface area (Å²) in [6.07, 6.45) is 4.80. The maximum atomic E-state index is 11.6. The van der Waals surface area contributed by atoms with Gasteiger partial charge in [0.05, 0.1) is 29.8 Å². The van der Waals surface area contributed by atoms with Crippen LogP contribution in [-0.4, -0.2) is 96.1 Å². The first-order valence-corrected chi connectivity index (χ1v) is 13.3. The largest absolute Gasteiger partial charge is 0.492 e. The van der Waals surface area contributed by atoms with E-state index in [0.29, 0.717) is 60.0 Å². The van der Waals surface area contributed by atoms with E-state index in [1.807, 2.05) is 23.1 Å². The van der Waals surface area contributed by atoms with Crippen molar-refractivity contribution in [2.75, 3.05) is 64.7 Å². The van der Waals surface area contributed by atoms with Gasteiger partial charge in [0.1, 0.15) is 36.4 Å². The maximum Gasteiger partial charge on any atom is 0.262 e. The third kappa shape index (κ3) is 5.76. The average Bonchev–Trinajstić information content (AvgIpc) is 3.44. The minimum atomic E-state index is 0.0183. The number of rotatable bonds is 8. The summed E-state index contributed by atoms with van der Waals surface area (Å²) in [5.41, 5.74) is 1.39. The van der Waals surface area contributed by atoms with Crippen LogP contribution in [0.5, 0.6) is 23.1 Å². The Hall–Kier alpha value is -3.90. The number of ether oxygens (including phenoxy) is 5. The summed E-state index contributed by atoms with van der Waals surface area (Å²) < 4.78 is 29.3. The number of fused-ring (bicyclic) bond motifs is 2. The van der Waals surface area contributed by atoms with E-state index in [0.717, 1.165) is 51.0 Å². The molecular formula is C27H32N6O6. The van der Waals surface area contributed by atoms with Crippen molar-refractivity contribution < 1.29 is 28.5 Å². The van der Waals surface area contributed by atoms with Gasteiger partial charge in [-0.15, -0.1) is 0 Å². The fourth-order valence-electron chi connectivity index (χ4n) is 4.99. The first kappa shape index (κ1) is 25.4. The predicted octanol–water partition coefficient (Wildman–Crippen LogP) is 2.60. The standard InChI is InChI=1S/C27H32N6O6/c1-18(34)33-8-6-32(7-9-33)10-13-36-20-14-22-24(23(15-20)39-19-3-11-35-12-4-19)26(30-16-29-22)31-21-2-5-28-27-25(21)37-17-38-27/h2,5,14-16,19H,3-4,6-13,17H2,1H3,(H,28,29,30,31). The number of anilines is 2. The van der Waals surface area contributed by atoms with Gasteiger partial charge in [0.2, 0.25) is 18.4 Å². The monoisotopic (exact) mass is 536 g/mol. The number of benzene rings is 1. The molecule has 2 aromatic heterocycles. The number of amides is 1. The zero-order valence-corrected chi connectivity index (χ0v) is 21.9. The van der Waals surface area contributed by atoms with Gasteiger partial charge in [-0.2, -0.15) is 0 Å². The van der Waals surface area contributed by atoms with Crippen LogP contribution in [0, 0.1) is 0 Å². The maximum absolute atomic E-state index is 11.6. The molecule has 0 atom stereocenters. The normalized spacial score (nSPS) is 17.8. The molecule has 0 radical (unpaired) electrons. The molecule has 0 spiro atoms. The molecule has 0 saturated carbocycles. The van der Waals surface area contributed by atoms with E-state index < -0.39 is 0 Å².